The van der Waals surface area contributed by atoms with Gasteiger partial charge in [0.05, 0.1) is 6.10 Å². The summed E-state index contributed by atoms with van der Waals surface area (Å²) < 4.78 is 0. The summed E-state index contributed by atoms with van der Waals surface area (Å²) in [4.78, 5) is 2.34. The number of nitrogens with one attached hydrogen (secondary N) is 2. The first-order valence-electron chi connectivity index (χ1n) is 5.19. The van der Waals surface area contributed by atoms with Crippen LogP contribution in [0, 0.1) is 0 Å². The molecule has 0 radical (unpaired) electrons. The Kier molecular flexibility index (Phi) is 3.16. The average Bonchev–Trinajstić information content (AvgIpc) is 2.53. The Morgan fingerprint density at radius 1 is 1.38 bits per heavy atom. The molecule has 3 N–H and O–H groups in total. The molecule has 2 atom stereocenters. The standard InChI is InChI=1S/C9H19N3O/c13-9-1-4-12(7-9)6-8-5-10-2-3-11-8/h8-11,13H,1-7H2. The fraction of sp³-hybridized carbons (Fsp3) is 1.00. The zero-order valence-electron chi connectivity index (χ0n) is 8.00. The van der Waals surface area contributed by atoms with Gasteiger partial charge in [-0.25, -0.2) is 0 Å². The molecule has 0 aromatic rings. The van der Waals surface area contributed by atoms with E-state index < -0.39 is 0 Å². The van der Waals surface area contributed by atoms with Crippen LogP contribution in [0.5, 0.6) is 0 Å². The van der Waals surface area contributed by atoms with Crippen LogP contribution in [-0.4, -0.2) is 61.4 Å². The molecule has 2 unspecified atom stereocenters. The number of likely N-dealkylation sites (tertiary alicyclic amines) is 1. The van der Waals surface area contributed by atoms with Gasteiger partial charge < -0.3 is 15.7 Å². The van der Waals surface area contributed by atoms with E-state index in [-0.39, 0.29) is 6.10 Å². The molecule has 0 saturated carbocycles. The molecule has 13 heavy (non-hydrogen) atoms. The quantitative estimate of drug-likeness (QED) is 0.496. The maximum absolute atomic E-state index is 9.35. The van der Waals surface area contributed by atoms with Crippen LogP contribution in [0.3, 0.4) is 0 Å². The normalized spacial score (nSPS) is 36.7. The van der Waals surface area contributed by atoms with Gasteiger partial charge in [0.2, 0.25) is 0 Å². The number of hydrogen-bond donors (Lipinski definition) is 3. The Hall–Kier alpha value is -0.160. The number of aliphatic hydroxyl groups is 1. The van der Waals surface area contributed by atoms with Gasteiger partial charge in [-0.2, -0.15) is 0 Å². The number of hydrogen-bond acceptors (Lipinski definition) is 4. The van der Waals surface area contributed by atoms with Gasteiger partial charge in [-0.3, -0.25) is 4.90 Å². The second-order valence-electron chi connectivity index (χ2n) is 4.06. The fourth-order valence-electron chi connectivity index (χ4n) is 2.13. The van der Waals surface area contributed by atoms with Gasteiger partial charge in [0.1, 0.15) is 0 Å². The van der Waals surface area contributed by atoms with Crippen LogP contribution in [0.1, 0.15) is 6.42 Å². The highest BCUT2D eigenvalue weighted by Gasteiger charge is 2.23. The van der Waals surface area contributed by atoms with E-state index in [4.69, 9.17) is 0 Å². The van der Waals surface area contributed by atoms with Gasteiger partial charge in [-0.05, 0) is 6.42 Å². The largest absolute Gasteiger partial charge is 0.392 e. The molecule has 2 aliphatic rings. The van der Waals surface area contributed by atoms with E-state index in [9.17, 15) is 5.11 Å². The lowest BCUT2D eigenvalue weighted by molar-refractivity contribution is 0.170. The molecular formula is C9H19N3O. The SMILES string of the molecule is OC1CCN(CC2CNCCN2)C1. The lowest BCUT2D eigenvalue weighted by atomic mass is 10.2. The molecule has 0 aromatic heterocycles. The molecule has 0 aliphatic carbocycles. The van der Waals surface area contributed by atoms with Crippen LogP contribution < -0.4 is 10.6 Å². The lowest BCUT2D eigenvalue weighted by Gasteiger charge is -2.28. The van der Waals surface area contributed by atoms with Crippen molar-refractivity contribution in [1.29, 1.82) is 0 Å². The van der Waals surface area contributed by atoms with E-state index in [0.717, 1.165) is 45.7 Å². The minimum atomic E-state index is -0.0865. The van der Waals surface area contributed by atoms with Crippen molar-refractivity contribution < 1.29 is 5.11 Å². The molecule has 4 heteroatoms. The smallest absolute Gasteiger partial charge is 0.0679 e. The Morgan fingerprint density at radius 3 is 2.92 bits per heavy atom. The summed E-state index contributed by atoms with van der Waals surface area (Å²) in [6.45, 7) is 6.20. The van der Waals surface area contributed by atoms with Crippen molar-refractivity contribution in [3.63, 3.8) is 0 Å². The van der Waals surface area contributed by atoms with Crippen LogP contribution in [0.25, 0.3) is 0 Å². The van der Waals surface area contributed by atoms with Crippen molar-refractivity contribution in [3.05, 3.63) is 0 Å². The van der Waals surface area contributed by atoms with Crippen molar-refractivity contribution in [1.82, 2.24) is 15.5 Å². The predicted molar refractivity (Wildman–Crippen MR) is 51.7 cm³/mol. The number of rotatable bonds is 2. The van der Waals surface area contributed by atoms with Crippen molar-refractivity contribution >= 4 is 0 Å². The minimum absolute atomic E-state index is 0.0865. The molecule has 4 nitrogen and oxygen atoms in total. The van der Waals surface area contributed by atoms with E-state index in [1.807, 2.05) is 0 Å². The van der Waals surface area contributed by atoms with E-state index in [2.05, 4.69) is 15.5 Å². The molecular weight excluding hydrogens is 166 g/mol. The summed E-state index contributed by atoms with van der Waals surface area (Å²) in [5.74, 6) is 0. The van der Waals surface area contributed by atoms with E-state index in [0.29, 0.717) is 6.04 Å². The fourth-order valence-corrected chi connectivity index (χ4v) is 2.13. The van der Waals surface area contributed by atoms with Crippen molar-refractivity contribution in [3.8, 4) is 0 Å². The van der Waals surface area contributed by atoms with Gasteiger partial charge in [0.25, 0.3) is 0 Å². The average molecular weight is 185 g/mol. The summed E-state index contributed by atoms with van der Waals surface area (Å²) >= 11 is 0. The molecule has 2 saturated heterocycles. The first-order valence-corrected chi connectivity index (χ1v) is 5.19. The Labute approximate surface area is 79.3 Å². The molecule has 2 fully saturated rings. The van der Waals surface area contributed by atoms with Crippen LogP contribution in [0.4, 0.5) is 0 Å². The van der Waals surface area contributed by atoms with Gasteiger partial charge >= 0.3 is 0 Å². The molecule has 0 amide bonds. The summed E-state index contributed by atoms with van der Waals surface area (Å²) in [6.07, 6.45) is 0.858. The zero-order chi connectivity index (χ0) is 9.10. The van der Waals surface area contributed by atoms with Crippen LogP contribution in [-0.2, 0) is 0 Å². The topological polar surface area (TPSA) is 47.5 Å². The van der Waals surface area contributed by atoms with Gasteiger partial charge in [-0.1, -0.05) is 0 Å². The highest BCUT2D eigenvalue weighted by atomic mass is 16.3. The molecule has 2 rings (SSSR count). The summed E-state index contributed by atoms with van der Waals surface area (Å²) in [5, 5.41) is 16.2. The Balaban J connectivity index is 1.71. The van der Waals surface area contributed by atoms with Crippen LogP contribution >= 0.6 is 0 Å². The van der Waals surface area contributed by atoms with E-state index >= 15 is 0 Å². The molecule has 0 bridgehead atoms. The molecule has 2 aliphatic heterocycles. The molecule has 2 heterocycles. The lowest BCUT2D eigenvalue weighted by Crippen LogP contribution is -2.53. The second kappa shape index (κ2) is 4.37. The molecule has 0 spiro atoms. The third-order valence-electron chi connectivity index (χ3n) is 2.85. The monoisotopic (exact) mass is 185 g/mol. The Bertz CT molecular complexity index is 156. The van der Waals surface area contributed by atoms with Crippen LogP contribution in [0.2, 0.25) is 0 Å². The third kappa shape index (κ3) is 2.64. The highest BCUT2D eigenvalue weighted by Crippen LogP contribution is 2.08. The first-order chi connectivity index (χ1) is 6.34. The van der Waals surface area contributed by atoms with E-state index in [1.165, 1.54) is 0 Å². The summed E-state index contributed by atoms with van der Waals surface area (Å²) in [7, 11) is 0. The molecule has 76 valence electrons. The summed E-state index contributed by atoms with van der Waals surface area (Å²) in [5.41, 5.74) is 0. The van der Waals surface area contributed by atoms with Gasteiger partial charge in [0, 0.05) is 45.3 Å². The van der Waals surface area contributed by atoms with Crippen molar-refractivity contribution in [2.45, 2.75) is 18.6 Å². The third-order valence-corrected chi connectivity index (χ3v) is 2.85. The summed E-state index contributed by atoms with van der Waals surface area (Å²) in [6, 6.07) is 0.569. The molecule has 0 aromatic carbocycles. The maximum Gasteiger partial charge on any atom is 0.0679 e. The first kappa shape index (κ1) is 9.40. The van der Waals surface area contributed by atoms with Gasteiger partial charge in [-0.15, -0.1) is 0 Å². The maximum atomic E-state index is 9.35. The van der Waals surface area contributed by atoms with Crippen molar-refractivity contribution in [2.75, 3.05) is 39.3 Å². The number of piperazine rings is 1. The van der Waals surface area contributed by atoms with Gasteiger partial charge in [0.15, 0.2) is 0 Å². The minimum Gasteiger partial charge on any atom is -0.392 e. The Morgan fingerprint density at radius 2 is 2.31 bits per heavy atom. The predicted octanol–water partition coefficient (Wildman–Crippen LogP) is -1.39. The highest BCUT2D eigenvalue weighted by molar-refractivity contribution is 4.82. The number of nitrogens with zero attached hydrogens (tertiary/aromatic N) is 1. The van der Waals surface area contributed by atoms with Crippen molar-refractivity contribution in [2.24, 2.45) is 0 Å². The number of aliphatic hydroxyl groups excluding tert-OH is 1. The number of β-amino-alcohol motifs (C(OH)–C–C–N with tert-alkyl or cyclic N) is 1. The zero-order valence-corrected chi connectivity index (χ0v) is 8.00. The second-order valence-corrected chi connectivity index (χ2v) is 4.06. The van der Waals surface area contributed by atoms with Crippen LogP contribution in [0.15, 0.2) is 0 Å². The van der Waals surface area contributed by atoms with E-state index in [1.54, 1.807) is 0 Å².